The largest absolute Gasteiger partial charge is 0.398 e. The van der Waals surface area contributed by atoms with Crippen molar-refractivity contribution in [3.8, 4) is 11.1 Å². The Morgan fingerprint density at radius 2 is 1.46 bits per heavy atom. The molecule has 0 aromatic heterocycles. The summed E-state index contributed by atoms with van der Waals surface area (Å²) >= 11 is 0. The molecule has 0 amide bonds. The topological polar surface area (TPSA) is 72.2 Å². The van der Waals surface area contributed by atoms with Crippen LogP contribution in [0.15, 0.2) is 77.7 Å². The SMILES string of the molecule is Cc1ccccc1NS(=O)(=O)c1ccc(-c2ccccc2N)cc1. The number of nitrogens with one attached hydrogen (secondary N) is 1. The second-order valence-electron chi connectivity index (χ2n) is 5.53. The van der Waals surface area contributed by atoms with Gasteiger partial charge in [0.15, 0.2) is 0 Å². The van der Waals surface area contributed by atoms with Gasteiger partial charge in [0.2, 0.25) is 0 Å². The van der Waals surface area contributed by atoms with Gasteiger partial charge in [0, 0.05) is 11.3 Å². The van der Waals surface area contributed by atoms with Crippen LogP contribution in [0, 0.1) is 6.92 Å². The summed E-state index contributed by atoms with van der Waals surface area (Å²) in [6.45, 7) is 1.86. The van der Waals surface area contributed by atoms with Crippen molar-refractivity contribution in [1.29, 1.82) is 0 Å². The number of nitrogen functional groups attached to an aromatic ring is 1. The molecular weight excluding hydrogens is 320 g/mol. The second-order valence-corrected chi connectivity index (χ2v) is 7.21. The maximum absolute atomic E-state index is 12.5. The molecule has 0 atom stereocenters. The third-order valence-electron chi connectivity index (χ3n) is 3.83. The molecule has 3 rings (SSSR count). The van der Waals surface area contributed by atoms with E-state index in [0.29, 0.717) is 11.4 Å². The van der Waals surface area contributed by atoms with Crippen molar-refractivity contribution < 1.29 is 8.42 Å². The van der Waals surface area contributed by atoms with Crippen LogP contribution in [-0.2, 0) is 10.0 Å². The fourth-order valence-corrected chi connectivity index (χ4v) is 3.60. The van der Waals surface area contributed by atoms with Gasteiger partial charge in [-0.25, -0.2) is 8.42 Å². The molecule has 4 nitrogen and oxygen atoms in total. The summed E-state index contributed by atoms with van der Waals surface area (Å²) in [6.07, 6.45) is 0. The Kier molecular flexibility index (Phi) is 4.27. The zero-order valence-electron chi connectivity index (χ0n) is 13.2. The van der Waals surface area contributed by atoms with E-state index < -0.39 is 10.0 Å². The van der Waals surface area contributed by atoms with Crippen LogP contribution < -0.4 is 10.5 Å². The zero-order chi connectivity index (χ0) is 17.2. The van der Waals surface area contributed by atoms with Crippen LogP contribution in [0.1, 0.15) is 5.56 Å². The van der Waals surface area contributed by atoms with E-state index in [-0.39, 0.29) is 4.90 Å². The summed E-state index contributed by atoms with van der Waals surface area (Å²) in [5, 5.41) is 0. The standard InChI is InChI=1S/C19H18N2O2S/c1-14-6-2-5-9-19(14)21-24(22,23)16-12-10-15(11-13-16)17-7-3-4-8-18(17)20/h2-13,21H,20H2,1H3. The first-order chi connectivity index (χ1) is 11.5. The van der Waals surface area contributed by atoms with Gasteiger partial charge in [-0.3, -0.25) is 4.72 Å². The van der Waals surface area contributed by atoms with Gasteiger partial charge in [0.1, 0.15) is 0 Å². The summed E-state index contributed by atoms with van der Waals surface area (Å²) in [6, 6.07) is 21.5. The van der Waals surface area contributed by atoms with Crippen molar-refractivity contribution in [3.63, 3.8) is 0 Å². The fourth-order valence-electron chi connectivity index (χ4n) is 2.46. The minimum atomic E-state index is -3.63. The van der Waals surface area contributed by atoms with Crippen LogP contribution >= 0.6 is 0 Å². The average molecular weight is 338 g/mol. The monoisotopic (exact) mass is 338 g/mol. The molecule has 0 unspecified atom stereocenters. The van der Waals surface area contributed by atoms with Crippen molar-refractivity contribution in [2.45, 2.75) is 11.8 Å². The molecule has 0 saturated carbocycles. The lowest BCUT2D eigenvalue weighted by atomic mass is 10.0. The van der Waals surface area contributed by atoms with E-state index in [1.165, 1.54) is 0 Å². The highest BCUT2D eigenvalue weighted by Crippen LogP contribution is 2.27. The second kappa shape index (κ2) is 6.37. The molecule has 0 aliphatic heterocycles. The van der Waals surface area contributed by atoms with Gasteiger partial charge in [0.05, 0.1) is 10.6 Å². The molecule has 0 aliphatic rings. The molecule has 3 aromatic carbocycles. The molecule has 3 aromatic rings. The number of rotatable bonds is 4. The molecule has 0 fully saturated rings. The van der Waals surface area contributed by atoms with Gasteiger partial charge < -0.3 is 5.73 Å². The molecule has 0 bridgehead atoms. The van der Waals surface area contributed by atoms with Crippen molar-refractivity contribution in [1.82, 2.24) is 0 Å². The number of benzene rings is 3. The molecule has 24 heavy (non-hydrogen) atoms. The lowest BCUT2D eigenvalue weighted by Gasteiger charge is -2.11. The lowest BCUT2D eigenvalue weighted by Crippen LogP contribution is -2.13. The van der Waals surface area contributed by atoms with E-state index >= 15 is 0 Å². The van der Waals surface area contributed by atoms with Crippen molar-refractivity contribution in [2.75, 3.05) is 10.5 Å². The Balaban J connectivity index is 1.90. The smallest absolute Gasteiger partial charge is 0.261 e. The van der Waals surface area contributed by atoms with Crippen LogP contribution in [0.2, 0.25) is 0 Å². The third kappa shape index (κ3) is 3.26. The first-order valence-corrected chi connectivity index (χ1v) is 8.99. The molecule has 0 spiro atoms. The fraction of sp³-hybridized carbons (Fsp3) is 0.0526. The molecule has 0 aliphatic carbocycles. The normalized spacial score (nSPS) is 11.2. The molecule has 0 radical (unpaired) electrons. The van der Waals surface area contributed by atoms with Gasteiger partial charge in [-0.05, 0) is 42.3 Å². The lowest BCUT2D eigenvalue weighted by molar-refractivity contribution is 0.601. The maximum Gasteiger partial charge on any atom is 0.261 e. The summed E-state index contributed by atoms with van der Waals surface area (Å²) in [5.74, 6) is 0. The summed E-state index contributed by atoms with van der Waals surface area (Å²) in [7, 11) is -3.63. The Morgan fingerprint density at radius 3 is 2.12 bits per heavy atom. The Morgan fingerprint density at radius 1 is 0.833 bits per heavy atom. The number of sulfonamides is 1. The number of hydrogen-bond donors (Lipinski definition) is 2. The number of nitrogens with two attached hydrogens (primary N) is 1. The van der Waals surface area contributed by atoms with Gasteiger partial charge in [0.25, 0.3) is 10.0 Å². The molecule has 3 N–H and O–H groups in total. The van der Waals surface area contributed by atoms with Gasteiger partial charge in [-0.2, -0.15) is 0 Å². The van der Waals surface area contributed by atoms with E-state index in [2.05, 4.69) is 4.72 Å². The minimum absolute atomic E-state index is 0.212. The number of hydrogen-bond acceptors (Lipinski definition) is 3. The third-order valence-corrected chi connectivity index (χ3v) is 5.21. The summed E-state index contributed by atoms with van der Waals surface area (Å²) in [4.78, 5) is 0.212. The predicted molar refractivity (Wildman–Crippen MR) is 98.3 cm³/mol. The predicted octanol–water partition coefficient (Wildman–Crippen LogP) is 4.05. The first-order valence-electron chi connectivity index (χ1n) is 7.51. The first kappa shape index (κ1) is 16.1. The highest BCUT2D eigenvalue weighted by atomic mass is 32.2. The van der Waals surface area contributed by atoms with Crippen LogP contribution in [0.4, 0.5) is 11.4 Å². The Hall–Kier alpha value is -2.79. The molecule has 5 heteroatoms. The van der Waals surface area contributed by atoms with Crippen LogP contribution in [0.25, 0.3) is 11.1 Å². The van der Waals surface area contributed by atoms with Gasteiger partial charge >= 0.3 is 0 Å². The Labute approximate surface area is 142 Å². The maximum atomic E-state index is 12.5. The summed E-state index contributed by atoms with van der Waals surface area (Å²) < 4.78 is 27.7. The van der Waals surface area contributed by atoms with Gasteiger partial charge in [-0.15, -0.1) is 0 Å². The molecule has 0 heterocycles. The van der Waals surface area contributed by atoms with Crippen LogP contribution in [0.5, 0.6) is 0 Å². The molecule has 122 valence electrons. The van der Waals surface area contributed by atoms with Crippen molar-refractivity contribution in [3.05, 3.63) is 78.4 Å². The van der Waals surface area contributed by atoms with E-state index in [1.54, 1.807) is 36.4 Å². The van der Waals surface area contributed by atoms with E-state index in [4.69, 9.17) is 5.73 Å². The van der Waals surface area contributed by atoms with E-state index in [9.17, 15) is 8.42 Å². The Bertz CT molecular complexity index is 965. The molecular formula is C19H18N2O2S. The minimum Gasteiger partial charge on any atom is -0.398 e. The number of para-hydroxylation sites is 2. The quantitative estimate of drug-likeness (QED) is 0.705. The van der Waals surface area contributed by atoms with Crippen LogP contribution in [-0.4, -0.2) is 8.42 Å². The highest BCUT2D eigenvalue weighted by molar-refractivity contribution is 7.92. The summed E-state index contributed by atoms with van der Waals surface area (Å²) in [5.41, 5.74) is 9.83. The molecule has 0 saturated heterocycles. The van der Waals surface area contributed by atoms with Crippen molar-refractivity contribution in [2.24, 2.45) is 0 Å². The van der Waals surface area contributed by atoms with Gasteiger partial charge in [-0.1, -0.05) is 48.5 Å². The van der Waals surface area contributed by atoms with Crippen LogP contribution in [0.3, 0.4) is 0 Å². The average Bonchev–Trinajstić information content (AvgIpc) is 2.57. The number of anilines is 2. The zero-order valence-corrected chi connectivity index (χ0v) is 14.0. The van der Waals surface area contributed by atoms with E-state index in [1.807, 2.05) is 43.3 Å². The highest BCUT2D eigenvalue weighted by Gasteiger charge is 2.15. The number of aryl methyl sites for hydroxylation is 1. The van der Waals surface area contributed by atoms with E-state index in [0.717, 1.165) is 16.7 Å². The van der Waals surface area contributed by atoms with Crippen molar-refractivity contribution >= 4 is 21.4 Å².